The van der Waals surface area contributed by atoms with Crippen molar-refractivity contribution in [2.75, 3.05) is 11.9 Å². The summed E-state index contributed by atoms with van der Waals surface area (Å²) in [5.41, 5.74) is 2.65. The van der Waals surface area contributed by atoms with Crippen molar-refractivity contribution in [2.24, 2.45) is 0 Å². The quantitative estimate of drug-likeness (QED) is 0.820. The number of benzene rings is 1. The zero-order valence-electron chi connectivity index (χ0n) is 13.4. The molecule has 1 amide bonds. The van der Waals surface area contributed by atoms with Crippen LogP contribution in [0.15, 0.2) is 24.3 Å². The summed E-state index contributed by atoms with van der Waals surface area (Å²) in [6.07, 6.45) is 4.39. The molecule has 0 fully saturated rings. The summed E-state index contributed by atoms with van der Waals surface area (Å²) in [5.74, 6) is -0.817. The van der Waals surface area contributed by atoms with E-state index in [0.29, 0.717) is 15.6 Å². The Morgan fingerprint density at radius 3 is 2.88 bits per heavy atom. The molecule has 0 radical (unpaired) electrons. The van der Waals surface area contributed by atoms with Crippen molar-refractivity contribution in [3.63, 3.8) is 0 Å². The van der Waals surface area contributed by atoms with Crippen LogP contribution in [0.25, 0.3) is 0 Å². The molecule has 126 valence electrons. The highest BCUT2D eigenvalue weighted by atomic mass is 35.5. The summed E-state index contributed by atoms with van der Waals surface area (Å²) in [5, 5.41) is 3.29. The number of esters is 1. The van der Waals surface area contributed by atoms with Crippen molar-refractivity contribution in [1.82, 2.24) is 0 Å². The van der Waals surface area contributed by atoms with Gasteiger partial charge < -0.3 is 10.1 Å². The van der Waals surface area contributed by atoms with E-state index in [4.69, 9.17) is 16.3 Å². The molecule has 2 aromatic rings. The Morgan fingerprint density at radius 2 is 2.08 bits per heavy atom. The summed E-state index contributed by atoms with van der Waals surface area (Å²) < 4.78 is 5.14. The number of thiophene rings is 1. The van der Waals surface area contributed by atoms with Gasteiger partial charge in [0, 0.05) is 15.6 Å². The Hall–Kier alpha value is -1.85. The van der Waals surface area contributed by atoms with E-state index in [0.717, 1.165) is 18.4 Å². The van der Waals surface area contributed by atoms with Gasteiger partial charge in [-0.2, -0.15) is 0 Å². The van der Waals surface area contributed by atoms with Crippen LogP contribution in [0.5, 0.6) is 0 Å². The van der Waals surface area contributed by atoms with Gasteiger partial charge in [0.15, 0.2) is 6.61 Å². The van der Waals surface area contributed by atoms with Crippen LogP contribution in [0.1, 0.15) is 38.5 Å². The molecular weight excluding hydrogens is 346 g/mol. The Balaban J connectivity index is 1.57. The number of amides is 1. The van der Waals surface area contributed by atoms with Crippen molar-refractivity contribution in [3.8, 4) is 0 Å². The van der Waals surface area contributed by atoms with Crippen LogP contribution >= 0.6 is 22.9 Å². The molecule has 1 N–H and O–H groups in total. The molecule has 1 aromatic carbocycles. The first-order valence-electron chi connectivity index (χ1n) is 7.88. The molecule has 0 aliphatic heterocycles. The first-order valence-corrected chi connectivity index (χ1v) is 9.07. The zero-order valence-corrected chi connectivity index (χ0v) is 14.9. The van der Waals surface area contributed by atoms with Crippen LogP contribution in [-0.4, -0.2) is 18.5 Å². The number of carbonyl (C=O) groups excluding carboxylic acids is 2. The number of nitrogens with one attached hydrogen (secondary N) is 1. The maximum atomic E-state index is 12.1. The third-order valence-corrected chi connectivity index (χ3v) is 5.70. The van der Waals surface area contributed by atoms with Crippen LogP contribution in [0.2, 0.25) is 5.02 Å². The topological polar surface area (TPSA) is 55.4 Å². The standard InChI is InChI=1S/C18H18ClNO3S/c1-11-13(19)6-4-7-14(11)20-17(21)10-23-18(22)16-9-12-5-2-3-8-15(12)24-16/h4,6-7,9H,2-3,5,8,10H2,1H3,(H,20,21). The SMILES string of the molecule is Cc1c(Cl)cccc1NC(=O)COC(=O)c1cc2c(s1)CCCC2. The predicted octanol–water partition coefficient (Wildman–Crippen LogP) is 4.38. The van der Waals surface area contributed by atoms with Gasteiger partial charge in [-0.15, -0.1) is 11.3 Å². The average molecular weight is 364 g/mol. The molecule has 0 saturated carbocycles. The second kappa shape index (κ2) is 7.36. The summed E-state index contributed by atoms with van der Waals surface area (Å²) in [6, 6.07) is 7.17. The van der Waals surface area contributed by atoms with Crippen molar-refractivity contribution < 1.29 is 14.3 Å². The minimum absolute atomic E-state index is 0.312. The Kier molecular flexibility index (Phi) is 5.21. The van der Waals surface area contributed by atoms with E-state index in [2.05, 4.69) is 5.32 Å². The van der Waals surface area contributed by atoms with Crippen molar-refractivity contribution in [3.05, 3.63) is 50.2 Å². The highest BCUT2D eigenvalue weighted by molar-refractivity contribution is 7.14. The van der Waals surface area contributed by atoms with E-state index >= 15 is 0 Å². The number of fused-ring (bicyclic) bond motifs is 1. The third kappa shape index (κ3) is 3.79. The molecule has 3 rings (SSSR count). The molecule has 0 spiro atoms. The lowest BCUT2D eigenvalue weighted by atomic mass is 9.99. The highest BCUT2D eigenvalue weighted by Crippen LogP contribution is 2.30. The molecule has 0 saturated heterocycles. The number of hydrogen-bond acceptors (Lipinski definition) is 4. The minimum atomic E-state index is -0.438. The Morgan fingerprint density at radius 1 is 1.29 bits per heavy atom. The molecule has 0 bridgehead atoms. The van der Waals surface area contributed by atoms with Gasteiger partial charge in [-0.25, -0.2) is 4.79 Å². The predicted molar refractivity (Wildman–Crippen MR) is 96.1 cm³/mol. The molecule has 1 aliphatic carbocycles. The van der Waals surface area contributed by atoms with E-state index in [1.165, 1.54) is 34.6 Å². The fourth-order valence-corrected chi connectivity index (χ4v) is 4.04. The first-order chi connectivity index (χ1) is 11.5. The summed E-state index contributed by atoms with van der Waals surface area (Å²) >= 11 is 7.50. The molecule has 1 heterocycles. The first kappa shape index (κ1) is 17.0. The minimum Gasteiger partial charge on any atom is -0.451 e. The molecular formula is C18H18ClNO3S. The fraction of sp³-hybridized carbons (Fsp3) is 0.333. The second-order valence-corrected chi connectivity index (χ2v) is 7.35. The van der Waals surface area contributed by atoms with Crippen LogP contribution in [-0.2, 0) is 22.4 Å². The Labute approximate surface area is 149 Å². The molecule has 1 aromatic heterocycles. The van der Waals surface area contributed by atoms with Gasteiger partial charge in [0.05, 0.1) is 0 Å². The van der Waals surface area contributed by atoms with Gasteiger partial charge >= 0.3 is 5.97 Å². The van der Waals surface area contributed by atoms with Crippen molar-refractivity contribution in [2.45, 2.75) is 32.6 Å². The van der Waals surface area contributed by atoms with E-state index in [1.807, 2.05) is 13.0 Å². The number of halogens is 1. The van der Waals surface area contributed by atoms with E-state index in [1.54, 1.807) is 18.2 Å². The monoisotopic (exact) mass is 363 g/mol. The number of hydrogen-bond donors (Lipinski definition) is 1. The van der Waals surface area contributed by atoms with Gasteiger partial charge in [-0.3, -0.25) is 4.79 Å². The normalized spacial score (nSPS) is 13.2. The maximum Gasteiger partial charge on any atom is 0.348 e. The summed E-state index contributed by atoms with van der Waals surface area (Å²) in [6.45, 7) is 1.51. The number of rotatable bonds is 4. The lowest BCUT2D eigenvalue weighted by molar-refractivity contribution is -0.119. The lowest BCUT2D eigenvalue weighted by Crippen LogP contribution is -2.21. The van der Waals surface area contributed by atoms with Gasteiger partial charge in [0.25, 0.3) is 5.91 Å². The van der Waals surface area contributed by atoms with Gasteiger partial charge in [0.1, 0.15) is 4.88 Å². The van der Waals surface area contributed by atoms with E-state index in [-0.39, 0.29) is 12.5 Å². The highest BCUT2D eigenvalue weighted by Gasteiger charge is 2.19. The van der Waals surface area contributed by atoms with Crippen molar-refractivity contribution >= 4 is 40.5 Å². The zero-order chi connectivity index (χ0) is 17.1. The van der Waals surface area contributed by atoms with Crippen LogP contribution in [0.3, 0.4) is 0 Å². The van der Waals surface area contributed by atoms with Gasteiger partial charge in [-0.1, -0.05) is 17.7 Å². The smallest absolute Gasteiger partial charge is 0.348 e. The maximum absolute atomic E-state index is 12.1. The largest absolute Gasteiger partial charge is 0.451 e. The number of anilines is 1. The lowest BCUT2D eigenvalue weighted by Gasteiger charge is -2.09. The number of aryl methyl sites for hydroxylation is 2. The molecule has 24 heavy (non-hydrogen) atoms. The van der Waals surface area contributed by atoms with Crippen LogP contribution in [0, 0.1) is 6.92 Å². The number of carbonyl (C=O) groups is 2. The van der Waals surface area contributed by atoms with Crippen molar-refractivity contribution in [1.29, 1.82) is 0 Å². The average Bonchev–Trinajstić information content (AvgIpc) is 3.01. The van der Waals surface area contributed by atoms with Crippen LogP contribution < -0.4 is 5.32 Å². The van der Waals surface area contributed by atoms with Crippen LogP contribution in [0.4, 0.5) is 5.69 Å². The molecule has 6 heteroatoms. The molecule has 1 aliphatic rings. The van der Waals surface area contributed by atoms with E-state index < -0.39 is 5.97 Å². The summed E-state index contributed by atoms with van der Waals surface area (Å²) in [7, 11) is 0. The van der Waals surface area contributed by atoms with Gasteiger partial charge in [0.2, 0.25) is 0 Å². The fourth-order valence-electron chi connectivity index (χ4n) is 2.72. The third-order valence-electron chi connectivity index (χ3n) is 4.07. The molecule has 0 unspecified atom stereocenters. The molecule has 4 nitrogen and oxygen atoms in total. The second-order valence-electron chi connectivity index (χ2n) is 5.80. The Bertz CT molecular complexity index is 761. The number of ether oxygens (including phenoxy) is 1. The van der Waals surface area contributed by atoms with Gasteiger partial charge in [-0.05, 0) is 61.9 Å². The molecule has 0 atom stereocenters. The summed E-state index contributed by atoms with van der Waals surface area (Å²) in [4.78, 5) is 26.0. The van der Waals surface area contributed by atoms with E-state index in [9.17, 15) is 9.59 Å².